The SMILES string of the molecule is Cc1cc(N2CCC(Oc3cccc4[nH]ccc34)CC2)ccn1. The molecule has 4 nitrogen and oxygen atoms in total. The number of fused-ring (bicyclic) bond motifs is 1. The minimum atomic E-state index is 0.287. The molecule has 0 saturated carbocycles. The maximum absolute atomic E-state index is 6.28. The Balaban J connectivity index is 1.43. The van der Waals surface area contributed by atoms with Crippen LogP contribution in [0, 0.1) is 6.92 Å². The zero-order chi connectivity index (χ0) is 15.6. The summed E-state index contributed by atoms with van der Waals surface area (Å²) in [5, 5.41) is 1.17. The monoisotopic (exact) mass is 307 g/mol. The van der Waals surface area contributed by atoms with Crippen LogP contribution >= 0.6 is 0 Å². The van der Waals surface area contributed by atoms with E-state index in [1.54, 1.807) is 0 Å². The number of aromatic nitrogens is 2. The normalized spacial score (nSPS) is 16.0. The fraction of sp³-hybridized carbons (Fsp3) is 0.316. The number of piperidine rings is 1. The number of benzene rings is 1. The van der Waals surface area contributed by atoms with E-state index in [9.17, 15) is 0 Å². The second-order valence-electron chi connectivity index (χ2n) is 6.15. The first-order valence-corrected chi connectivity index (χ1v) is 8.20. The Hall–Kier alpha value is -2.49. The smallest absolute Gasteiger partial charge is 0.129 e. The van der Waals surface area contributed by atoms with Gasteiger partial charge in [-0.1, -0.05) is 6.07 Å². The van der Waals surface area contributed by atoms with Gasteiger partial charge in [-0.2, -0.15) is 0 Å². The van der Waals surface area contributed by atoms with Crippen LogP contribution < -0.4 is 9.64 Å². The number of H-pyrrole nitrogens is 1. The van der Waals surface area contributed by atoms with Gasteiger partial charge in [-0.05, 0) is 37.3 Å². The highest BCUT2D eigenvalue weighted by atomic mass is 16.5. The van der Waals surface area contributed by atoms with E-state index in [4.69, 9.17) is 4.74 Å². The van der Waals surface area contributed by atoms with Crippen molar-refractivity contribution in [3.8, 4) is 5.75 Å². The molecule has 3 heterocycles. The zero-order valence-corrected chi connectivity index (χ0v) is 13.3. The van der Waals surface area contributed by atoms with Crippen LogP contribution in [0.5, 0.6) is 5.75 Å². The maximum atomic E-state index is 6.28. The van der Waals surface area contributed by atoms with Crippen LogP contribution in [0.15, 0.2) is 48.8 Å². The highest BCUT2D eigenvalue weighted by Crippen LogP contribution is 2.28. The fourth-order valence-electron chi connectivity index (χ4n) is 3.30. The van der Waals surface area contributed by atoms with E-state index in [2.05, 4.69) is 45.2 Å². The molecule has 4 heteroatoms. The summed E-state index contributed by atoms with van der Waals surface area (Å²) in [5.74, 6) is 0.988. The van der Waals surface area contributed by atoms with E-state index < -0.39 is 0 Å². The molecule has 0 spiro atoms. The summed E-state index contributed by atoms with van der Waals surface area (Å²) < 4.78 is 6.28. The number of hydrogen-bond donors (Lipinski definition) is 1. The third-order valence-corrected chi connectivity index (χ3v) is 4.54. The molecule has 2 aromatic heterocycles. The Morgan fingerprint density at radius 2 is 2.04 bits per heavy atom. The van der Waals surface area contributed by atoms with Gasteiger partial charge in [0.25, 0.3) is 0 Å². The molecule has 1 aliphatic rings. The fourth-order valence-corrected chi connectivity index (χ4v) is 3.30. The highest BCUT2D eigenvalue weighted by molar-refractivity contribution is 5.85. The number of pyridine rings is 1. The van der Waals surface area contributed by atoms with Crippen LogP contribution in [0.4, 0.5) is 5.69 Å². The molecule has 1 fully saturated rings. The highest BCUT2D eigenvalue weighted by Gasteiger charge is 2.21. The molecule has 0 radical (unpaired) electrons. The average molecular weight is 307 g/mol. The van der Waals surface area contributed by atoms with Crippen molar-refractivity contribution in [2.75, 3.05) is 18.0 Å². The minimum Gasteiger partial charge on any atom is -0.490 e. The quantitative estimate of drug-likeness (QED) is 0.797. The van der Waals surface area contributed by atoms with Crippen LogP contribution in [0.25, 0.3) is 10.9 Å². The number of ether oxygens (including phenoxy) is 1. The molecule has 1 aromatic carbocycles. The second-order valence-corrected chi connectivity index (χ2v) is 6.15. The number of aromatic amines is 1. The molecular formula is C19H21N3O. The van der Waals surface area contributed by atoms with Crippen molar-refractivity contribution in [2.24, 2.45) is 0 Å². The molecule has 0 aliphatic carbocycles. The Bertz CT molecular complexity index is 803. The van der Waals surface area contributed by atoms with Crippen LogP contribution in [0.1, 0.15) is 18.5 Å². The predicted octanol–water partition coefficient (Wildman–Crippen LogP) is 3.92. The summed E-state index contributed by atoms with van der Waals surface area (Å²) >= 11 is 0. The van der Waals surface area contributed by atoms with E-state index in [1.807, 2.05) is 25.4 Å². The minimum absolute atomic E-state index is 0.287. The number of aryl methyl sites for hydroxylation is 1. The van der Waals surface area contributed by atoms with Gasteiger partial charge in [0, 0.05) is 60.6 Å². The third-order valence-electron chi connectivity index (χ3n) is 4.54. The lowest BCUT2D eigenvalue weighted by molar-refractivity contribution is 0.173. The number of nitrogens with zero attached hydrogens (tertiary/aromatic N) is 2. The third kappa shape index (κ3) is 2.89. The first kappa shape index (κ1) is 14.1. The molecule has 4 rings (SSSR count). The number of anilines is 1. The molecule has 1 N–H and O–H groups in total. The lowest BCUT2D eigenvalue weighted by Crippen LogP contribution is -2.38. The number of rotatable bonds is 3. The van der Waals surface area contributed by atoms with Crippen LogP contribution in [-0.2, 0) is 0 Å². The first-order valence-electron chi connectivity index (χ1n) is 8.20. The van der Waals surface area contributed by atoms with Gasteiger partial charge in [0.15, 0.2) is 0 Å². The summed E-state index contributed by atoms with van der Waals surface area (Å²) in [7, 11) is 0. The number of nitrogens with one attached hydrogen (secondary N) is 1. The van der Waals surface area contributed by atoms with Crippen molar-refractivity contribution < 1.29 is 4.74 Å². The van der Waals surface area contributed by atoms with Gasteiger partial charge >= 0.3 is 0 Å². The summed E-state index contributed by atoms with van der Waals surface area (Å²) in [6.45, 7) is 4.09. The molecule has 0 atom stereocenters. The van der Waals surface area contributed by atoms with Crippen LogP contribution in [-0.4, -0.2) is 29.2 Å². The lowest BCUT2D eigenvalue weighted by atomic mass is 10.1. The summed E-state index contributed by atoms with van der Waals surface area (Å²) in [6, 6.07) is 12.5. The first-order chi connectivity index (χ1) is 11.3. The van der Waals surface area contributed by atoms with Gasteiger partial charge in [-0.15, -0.1) is 0 Å². The van der Waals surface area contributed by atoms with Crippen molar-refractivity contribution in [1.29, 1.82) is 0 Å². The van der Waals surface area contributed by atoms with Crippen LogP contribution in [0.3, 0.4) is 0 Å². The van der Waals surface area contributed by atoms with Crippen molar-refractivity contribution in [1.82, 2.24) is 9.97 Å². The molecule has 0 amide bonds. The summed E-state index contributed by atoms with van der Waals surface area (Å²) in [4.78, 5) is 9.93. The van der Waals surface area contributed by atoms with Gasteiger partial charge < -0.3 is 14.6 Å². The van der Waals surface area contributed by atoms with E-state index in [0.29, 0.717) is 0 Å². The van der Waals surface area contributed by atoms with Gasteiger partial charge in [0.05, 0.1) is 0 Å². The van der Waals surface area contributed by atoms with Gasteiger partial charge in [-0.3, -0.25) is 4.98 Å². The van der Waals surface area contributed by atoms with Crippen LogP contribution in [0.2, 0.25) is 0 Å². The zero-order valence-electron chi connectivity index (χ0n) is 13.3. The van der Waals surface area contributed by atoms with Gasteiger partial charge in [0.2, 0.25) is 0 Å². The second kappa shape index (κ2) is 5.95. The van der Waals surface area contributed by atoms with E-state index in [1.165, 1.54) is 11.1 Å². The van der Waals surface area contributed by atoms with E-state index in [-0.39, 0.29) is 6.10 Å². The summed E-state index contributed by atoms with van der Waals surface area (Å²) in [6.07, 6.45) is 6.23. The Kier molecular flexibility index (Phi) is 3.66. The molecule has 23 heavy (non-hydrogen) atoms. The van der Waals surface area contributed by atoms with Crippen molar-refractivity contribution in [2.45, 2.75) is 25.9 Å². The number of hydrogen-bond acceptors (Lipinski definition) is 3. The molecule has 1 aliphatic heterocycles. The Morgan fingerprint density at radius 1 is 1.17 bits per heavy atom. The Labute approximate surface area is 136 Å². The molecule has 0 unspecified atom stereocenters. The van der Waals surface area contributed by atoms with Gasteiger partial charge in [-0.25, -0.2) is 0 Å². The predicted molar refractivity (Wildman–Crippen MR) is 93.1 cm³/mol. The standard InChI is InChI=1S/C19H21N3O/c1-14-13-15(5-9-20-14)22-11-7-16(8-12-22)23-19-4-2-3-18-17(19)6-10-21-18/h2-6,9-10,13,16,21H,7-8,11-12H2,1H3. The topological polar surface area (TPSA) is 41.1 Å². The molecular weight excluding hydrogens is 286 g/mol. The molecule has 0 bridgehead atoms. The molecule has 3 aromatic rings. The summed E-state index contributed by atoms with van der Waals surface area (Å²) in [5.41, 5.74) is 3.47. The molecule has 118 valence electrons. The molecule has 1 saturated heterocycles. The van der Waals surface area contributed by atoms with Crippen molar-refractivity contribution in [3.63, 3.8) is 0 Å². The van der Waals surface area contributed by atoms with Crippen molar-refractivity contribution >= 4 is 16.6 Å². The lowest BCUT2D eigenvalue weighted by Gasteiger charge is -2.33. The van der Waals surface area contributed by atoms with Gasteiger partial charge in [0.1, 0.15) is 11.9 Å². The van der Waals surface area contributed by atoms with E-state index >= 15 is 0 Å². The Morgan fingerprint density at radius 3 is 2.87 bits per heavy atom. The van der Waals surface area contributed by atoms with E-state index in [0.717, 1.165) is 42.9 Å². The maximum Gasteiger partial charge on any atom is 0.129 e. The average Bonchev–Trinajstić information content (AvgIpc) is 3.05. The largest absolute Gasteiger partial charge is 0.490 e. The van der Waals surface area contributed by atoms with Crippen molar-refractivity contribution in [3.05, 3.63) is 54.5 Å².